The third kappa shape index (κ3) is 6.80. The Balaban J connectivity index is 2.00. The molecular formula is C30H38N2O5. The molecule has 1 atom stereocenters. The molecule has 1 amide bonds. The number of nitrogens with zero attached hydrogens (tertiary/aromatic N) is 2. The van der Waals surface area contributed by atoms with Gasteiger partial charge in [0, 0.05) is 18.7 Å². The molecule has 0 radical (unpaired) electrons. The van der Waals surface area contributed by atoms with E-state index in [-0.39, 0.29) is 11.3 Å². The van der Waals surface area contributed by atoms with E-state index in [4.69, 9.17) is 9.47 Å². The van der Waals surface area contributed by atoms with Crippen molar-refractivity contribution in [2.24, 2.45) is 0 Å². The van der Waals surface area contributed by atoms with Crippen molar-refractivity contribution in [3.63, 3.8) is 0 Å². The summed E-state index contributed by atoms with van der Waals surface area (Å²) in [6.07, 6.45) is 4.87. The first-order valence-corrected chi connectivity index (χ1v) is 12.8. The average Bonchev–Trinajstić information content (AvgIpc) is 3.13. The van der Waals surface area contributed by atoms with Crippen molar-refractivity contribution in [3.8, 4) is 11.5 Å². The molecule has 1 N–H and O–H groups in total. The number of likely N-dealkylation sites (N-methyl/N-ethyl adjacent to an activating group) is 1. The van der Waals surface area contributed by atoms with Gasteiger partial charge >= 0.3 is 0 Å². The van der Waals surface area contributed by atoms with Crippen LogP contribution in [0, 0.1) is 6.92 Å². The summed E-state index contributed by atoms with van der Waals surface area (Å²) in [6.45, 7) is 9.56. The summed E-state index contributed by atoms with van der Waals surface area (Å²) >= 11 is 0. The number of ketones is 1. The fourth-order valence-electron chi connectivity index (χ4n) is 4.35. The number of ether oxygens (including phenoxy) is 2. The van der Waals surface area contributed by atoms with Crippen molar-refractivity contribution in [1.29, 1.82) is 0 Å². The smallest absolute Gasteiger partial charge is 0.295 e. The van der Waals surface area contributed by atoms with Crippen LogP contribution in [0.3, 0.4) is 0 Å². The molecule has 0 aliphatic carbocycles. The molecule has 0 aromatic heterocycles. The molecule has 0 bridgehead atoms. The molecule has 0 saturated carbocycles. The number of unbranched alkanes of at least 4 members (excludes halogenated alkanes) is 2. The van der Waals surface area contributed by atoms with Crippen LogP contribution in [0.4, 0.5) is 0 Å². The summed E-state index contributed by atoms with van der Waals surface area (Å²) in [5.74, 6) is -0.129. The van der Waals surface area contributed by atoms with Crippen molar-refractivity contribution in [1.82, 2.24) is 9.80 Å². The lowest BCUT2D eigenvalue weighted by atomic mass is 9.94. The van der Waals surface area contributed by atoms with E-state index in [0.717, 1.165) is 36.1 Å². The van der Waals surface area contributed by atoms with Crippen molar-refractivity contribution < 1.29 is 24.2 Å². The minimum absolute atomic E-state index is 0.0863. The number of aliphatic hydroxyl groups is 1. The first-order valence-electron chi connectivity index (χ1n) is 12.8. The molecule has 3 rings (SSSR count). The maximum absolute atomic E-state index is 13.3. The predicted molar refractivity (Wildman–Crippen MR) is 146 cm³/mol. The number of rotatable bonds is 13. The van der Waals surface area contributed by atoms with Gasteiger partial charge in [-0.15, -0.1) is 0 Å². The number of aryl methyl sites for hydroxylation is 1. The number of benzene rings is 2. The molecule has 1 fully saturated rings. The van der Waals surface area contributed by atoms with Gasteiger partial charge in [0.1, 0.15) is 23.9 Å². The van der Waals surface area contributed by atoms with Crippen LogP contribution in [-0.2, 0) is 9.59 Å². The van der Waals surface area contributed by atoms with Gasteiger partial charge in [-0.25, -0.2) is 0 Å². The highest BCUT2D eigenvalue weighted by Gasteiger charge is 2.46. The van der Waals surface area contributed by atoms with Crippen LogP contribution in [0.1, 0.15) is 48.9 Å². The average molecular weight is 507 g/mol. The van der Waals surface area contributed by atoms with E-state index in [1.165, 1.54) is 0 Å². The molecule has 1 aliphatic rings. The zero-order chi connectivity index (χ0) is 26.9. The Hall–Kier alpha value is -3.58. The second-order valence-corrected chi connectivity index (χ2v) is 9.50. The van der Waals surface area contributed by atoms with Crippen molar-refractivity contribution >= 4 is 17.4 Å². The molecule has 2 aromatic rings. The third-order valence-corrected chi connectivity index (χ3v) is 6.36. The molecule has 7 nitrogen and oxygen atoms in total. The summed E-state index contributed by atoms with van der Waals surface area (Å²) in [7, 11) is 3.82. The second kappa shape index (κ2) is 13.1. The van der Waals surface area contributed by atoms with Gasteiger partial charge in [0.15, 0.2) is 0 Å². The van der Waals surface area contributed by atoms with E-state index in [0.29, 0.717) is 37.6 Å². The number of likely N-dealkylation sites (tertiary alicyclic amines) is 1. The number of hydrogen-bond donors (Lipinski definition) is 1. The molecule has 7 heteroatoms. The molecule has 198 valence electrons. The van der Waals surface area contributed by atoms with Gasteiger partial charge in [0.05, 0.1) is 18.2 Å². The summed E-state index contributed by atoms with van der Waals surface area (Å²) in [4.78, 5) is 29.9. The lowest BCUT2D eigenvalue weighted by molar-refractivity contribution is -0.140. The summed E-state index contributed by atoms with van der Waals surface area (Å²) in [6, 6.07) is 12.0. The highest BCUT2D eigenvalue weighted by molar-refractivity contribution is 6.46. The van der Waals surface area contributed by atoms with E-state index < -0.39 is 17.7 Å². The Morgan fingerprint density at radius 2 is 1.78 bits per heavy atom. The Kier molecular flexibility index (Phi) is 9.92. The zero-order valence-corrected chi connectivity index (χ0v) is 22.3. The lowest BCUT2D eigenvalue weighted by Gasteiger charge is -2.27. The van der Waals surface area contributed by atoms with Crippen molar-refractivity contribution in [2.75, 3.05) is 40.4 Å². The molecule has 1 aliphatic heterocycles. The van der Waals surface area contributed by atoms with E-state index in [2.05, 4.69) is 13.5 Å². The molecule has 1 heterocycles. The highest BCUT2D eigenvalue weighted by atomic mass is 16.5. The Morgan fingerprint density at radius 1 is 1.08 bits per heavy atom. The minimum Gasteiger partial charge on any atom is -0.507 e. The van der Waals surface area contributed by atoms with Gasteiger partial charge in [-0.3, -0.25) is 9.59 Å². The Morgan fingerprint density at radius 3 is 2.41 bits per heavy atom. The number of carbonyl (C=O) groups excluding carboxylic acids is 2. The third-order valence-electron chi connectivity index (χ3n) is 6.36. The van der Waals surface area contributed by atoms with Crippen molar-refractivity contribution in [2.45, 2.75) is 39.2 Å². The lowest BCUT2D eigenvalue weighted by Crippen LogP contribution is -2.35. The van der Waals surface area contributed by atoms with Gasteiger partial charge in [0.2, 0.25) is 0 Å². The highest BCUT2D eigenvalue weighted by Crippen LogP contribution is 2.40. The maximum atomic E-state index is 13.3. The molecule has 0 spiro atoms. The summed E-state index contributed by atoms with van der Waals surface area (Å²) < 4.78 is 11.4. The Labute approximate surface area is 220 Å². The number of hydrogen-bond acceptors (Lipinski definition) is 6. The summed E-state index contributed by atoms with van der Waals surface area (Å²) in [5.41, 5.74) is 2.04. The van der Waals surface area contributed by atoms with Gasteiger partial charge < -0.3 is 24.4 Å². The normalized spacial score (nSPS) is 16.9. The second-order valence-electron chi connectivity index (χ2n) is 9.50. The number of carbonyl (C=O) groups is 2. The molecule has 37 heavy (non-hydrogen) atoms. The van der Waals surface area contributed by atoms with E-state index in [1.54, 1.807) is 29.2 Å². The molecule has 2 aromatic carbocycles. The monoisotopic (exact) mass is 506 g/mol. The SMILES string of the molecule is C=CCOc1ccc(/C(O)=C2\C(=O)C(=O)N(CCN(C)C)C2c2ccc(OCCCCC)cc2)c(C)c1. The van der Waals surface area contributed by atoms with Crippen LogP contribution < -0.4 is 9.47 Å². The van der Waals surface area contributed by atoms with E-state index in [1.807, 2.05) is 50.2 Å². The van der Waals surface area contributed by atoms with Crippen LogP contribution in [0.2, 0.25) is 0 Å². The minimum atomic E-state index is -0.704. The molecule has 1 saturated heterocycles. The van der Waals surface area contributed by atoms with Gasteiger partial charge in [0.25, 0.3) is 11.7 Å². The van der Waals surface area contributed by atoms with Gasteiger partial charge in [-0.05, 0) is 68.9 Å². The molecular weight excluding hydrogens is 468 g/mol. The quantitative estimate of drug-likeness (QED) is 0.134. The van der Waals surface area contributed by atoms with E-state index in [9.17, 15) is 14.7 Å². The summed E-state index contributed by atoms with van der Waals surface area (Å²) in [5, 5.41) is 11.4. The van der Waals surface area contributed by atoms with Crippen LogP contribution in [0.15, 0.2) is 60.7 Å². The fraction of sp³-hybridized carbons (Fsp3) is 0.400. The zero-order valence-electron chi connectivity index (χ0n) is 22.3. The number of aliphatic hydroxyl groups excluding tert-OH is 1. The fourth-order valence-corrected chi connectivity index (χ4v) is 4.35. The van der Waals surface area contributed by atoms with Crippen molar-refractivity contribution in [3.05, 3.63) is 77.4 Å². The molecule has 1 unspecified atom stereocenters. The standard InChI is InChI=1S/C30H38N2O5/c1-6-8-9-19-37-23-12-10-22(11-13-23)27-26(29(34)30(35)32(27)17-16-31(4)5)28(33)25-15-14-24(20-21(25)3)36-18-7-2/h7,10-15,20,27,33H,2,6,8-9,16-19H2,1,3-5H3/b28-26+. The maximum Gasteiger partial charge on any atom is 0.295 e. The number of amides is 1. The van der Waals surface area contributed by atoms with Crippen LogP contribution in [0.25, 0.3) is 5.76 Å². The Bertz CT molecular complexity index is 1140. The van der Waals surface area contributed by atoms with Crippen LogP contribution >= 0.6 is 0 Å². The van der Waals surface area contributed by atoms with Crippen LogP contribution in [-0.4, -0.2) is 67.0 Å². The topological polar surface area (TPSA) is 79.3 Å². The van der Waals surface area contributed by atoms with E-state index >= 15 is 0 Å². The van der Waals surface area contributed by atoms with Gasteiger partial charge in [-0.2, -0.15) is 0 Å². The number of Topliss-reactive ketones (excluding diaryl/α,β-unsaturated/α-hetero) is 1. The largest absolute Gasteiger partial charge is 0.507 e. The van der Waals surface area contributed by atoms with Crippen LogP contribution in [0.5, 0.6) is 11.5 Å². The van der Waals surface area contributed by atoms with Gasteiger partial charge in [-0.1, -0.05) is 44.6 Å². The first kappa shape index (κ1) is 28.0. The first-order chi connectivity index (χ1) is 17.8. The predicted octanol–water partition coefficient (Wildman–Crippen LogP) is 5.11.